The fourth-order valence-corrected chi connectivity index (χ4v) is 4.67. The number of hydrazine groups is 1. The topological polar surface area (TPSA) is 24.1 Å². The predicted molar refractivity (Wildman–Crippen MR) is 111 cm³/mol. The van der Waals surface area contributed by atoms with Crippen molar-refractivity contribution in [3.05, 3.63) is 0 Å². The molecule has 2 aliphatic rings. The zero-order chi connectivity index (χ0) is 17.4. The van der Waals surface area contributed by atoms with Crippen molar-refractivity contribution < 1.29 is 0 Å². The molecule has 0 bridgehead atoms. The molecular weight excluding hydrogens is 304 g/mol. The molecule has 148 valence electrons. The molecule has 2 nitrogen and oxygen atoms in total. The van der Waals surface area contributed by atoms with E-state index in [0.29, 0.717) is 12.1 Å². The van der Waals surface area contributed by atoms with Gasteiger partial charge in [-0.1, -0.05) is 109 Å². The van der Waals surface area contributed by atoms with E-state index < -0.39 is 0 Å². The van der Waals surface area contributed by atoms with Crippen LogP contribution >= 0.6 is 0 Å². The Kier molecular flexibility index (Phi) is 12.8. The van der Waals surface area contributed by atoms with Gasteiger partial charge >= 0.3 is 0 Å². The van der Waals surface area contributed by atoms with Gasteiger partial charge in [-0.25, -0.2) is 0 Å². The SMILES string of the molecule is C1CCCCCC(NNC2CCCCCCCCCC2)CCCCC1. The molecule has 0 aromatic carbocycles. The summed E-state index contributed by atoms with van der Waals surface area (Å²) in [6, 6.07) is 1.41. The van der Waals surface area contributed by atoms with Gasteiger partial charge in [-0.15, -0.1) is 0 Å². The third-order valence-electron chi connectivity index (χ3n) is 6.45. The average Bonchev–Trinajstić information content (AvgIpc) is 2.67. The van der Waals surface area contributed by atoms with Gasteiger partial charge in [0, 0.05) is 12.1 Å². The van der Waals surface area contributed by atoms with Gasteiger partial charge in [-0.05, 0) is 25.7 Å². The molecule has 0 atom stereocenters. The molecule has 0 aromatic heterocycles. The number of hydrogen-bond donors (Lipinski definition) is 2. The van der Waals surface area contributed by atoms with Crippen LogP contribution in [0, 0.1) is 0 Å². The van der Waals surface area contributed by atoms with E-state index in [4.69, 9.17) is 0 Å². The summed E-state index contributed by atoms with van der Waals surface area (Å²) in [6.45, 7) is 0. The minimum atomic E-state index is 0.706. The standard InChI is InChI=1S/C23H46N2/c1-2-6-10-14-18-22(19-15-11-7-3-1)24-25-23-20-16-12-8-4-5-9-13-17-21-23/h22-25H,1-21H2. The van der Waals surface area contributed by atoms with E-state index in [0.717, 1.165) is 0 Å². The summed E-state index contributed by atoms with van der Waals surface area (Å²) in [7, 11) is 0. The maximum atomic E-state index is 3.79. The van der Waals surface area contributed by atoms with Crippen molar-refractivity contribution >= 4 is 0 Å². The molecule has 0 aromatic rings. The summed E-state index contributed by atoms with van der Waals surface area (Å²) >= 11 is 0. The summed E-state index contributed by atoms with van der Waals surface area (Å²) in [5, 5.41) is 0. The molecule has 2 saturated carbocycles. The van der Waals surface area contributed by atoms with Gasteiger partial charge in [0.15, 0.2) is 0 Å². The maximum Gasteiger partial charge on any atom is 0.0213 e. The monoisotopic (exact) mass is 350 g/mol. The van der Waals surface area contributed by atoms with E-state index in [2.05, 4.69) is 10.9 Å². The van der Waals surface area contributed by atoms with E-state index in [1.54, 1.807) is 0 Å². The Hall–Kier alpha value is -0.0800. The molecule has 2 rings (SSSR count). The average molecular weight is 351 g/mol. The van der Waals surface area contributed by atoms with E-state index in [9.17, 15) is 0 Å². The van der Waals surface area contributed by atoms with E-state index in [1.807, 2.05) is 0 Å². The largest absolute Gasteiger partial charge is 0.255 e. The second kappa shape index (κ2) is 15.0. The van der Waals surface area contributed by atoms with Crippen LogP contribution in [0.15, 0.2) is 0 Å². The smallest absolute Gasteiger partial charge is 0.0213 e. The Morgan fingerprint density at radius 1 is 0.280 bits per heavy atom. The number of rotatable bonds is 3. The van der Waals surface area contributed by atoms with Crippen LogP contribution < -0.4 is 10.9 Å². The van der Waals surface area contributed by atoms with Crippen LogP contribution in [0.5, 0.6) is 0 Å². The van der Waals surface area contributed by atoms with Crippen LogP contribution in [0.1, 0.15) is 135 Å². The second-order valence-corrected chi connectivity index (χ2v) is 8.85. The van der Waals surface area contributed by atoms with Crippen molar-refractivity contribution in [1.29, 1.82) is 0 Å². The lowest BCUT2D eigenvalue weighted by Crippen LogP contribution is -2.46. The zero-order valence-electron chi connectivity index (χ0n) is 17.0. The van der Waals surface area contributed by atoms with E-state index in [-0.39, 0.29) is 0 Å². The van der Waals surface area contributed by atoms with Gasteiger partial charge in [-0.2, -0.15) is 0 Å². The van der Waals surface area contributed by atoms with Crippen LogP contribution in [0.25, 0.3) is 0 Å². The molecule has 0 saturated heterocycles. The van der Waals surface area contributed by atoms with Crippen LogP contribution in [0.2, 0.25) is 0 Å². The van der Waals surface area contributed by atoms with Crippen molar-refractivity contribution in [2.75, 3.05) is 0 Å². The molecule has 0 spiro atoms. The Labute approximate surface area is 158 Å². The third-order valence-corrected chi connectivity index (χ3v) is 6.45. The highest BCUT2D eigenvalue weighted by Crippen LogP contribution is 2.18. The maximum absolute atomic E-state index is 3.79. The lowest BCUT2D eigenvalue weighted by molar-refractivity contribution is 0.303. The first-order valence-electron chi connectivity index (χ1n) is 12.0. The Morgan fingerprint density at radius 2 is 0.480 bits per heavy atom. The van der Waals surface area contributed by atoms with E-state index >= 15 is 0 Å². The van der Waals surface area contributed by atoms with Crippen molar-refractivity contribution in [2.45, 2.75) is 147 Å². The molecule has 0 amide bonds. The van der Waals surface area contributed by atoms with Gasteiger partial charge in [0.05, 0.1) is 0 Å². The Bertz CT molecular complexity index is 268. The van der Waals surface area contributed by atoms with Gasteiger partial charge < -0.3 is 0 Å². The molecule has 0 unspecified atom stereocenters. The minimum absolute atomic E-state index is 0.706. The zero-order valence-corrected chi connectivity index (χ0v) is 17.0. The second-order valence-electron chi connectivity index (χ2n) is 8.85. The van der Waals surface area contributed by atoms with Gasteiger partial charge in [0.1, 0.15) is 0 Å². The quantitative estimate of drug-likeness (QED) is 0.533. The Balaban J connectivity index is 1.69. The van der Waals surface area contributed by atoms with Gasteiger partial charge in [0.25, 0.3) is 0 Å². The first-order chi connectivity index (χ1) is 12.4. The molecular formula is C23H46N2. The molecule has 2 N–H and O–H groups in total. The van der Waals surface area contributed by atoms with Crippen LogP contribution in [0.4, 0.5) is 0 Å². The van der Waals surface area contributed by atoms with Crippen molar-refractivity contribution in [2.24, 2.45) is 0 Å². The first-order valence-corrected chi connectivity index (χ1v) is 12.0. The van der Waals surface area contributed by atoms with Gasteiger partial charge in [-0.3, -0.25) is 10.9 Å². The van der Waals surface area contributed by atoms with Crippen molar-refractivity contribution in [1.82, 2.24) is 10.9 Å². The molecule has 0 heterocycles. The summed E-state index contributed by atoms with van der Waals surface area (Å²) in [5.74, 6) is 0. The lowest BCUT2D eigenvalue weighted by Gasteiger charge is -2.25. The summed E-state index contributed by atoms with van der Waals surface area (Å²) in [6.07, 6.45) is 30.2. The Morgan fingerprint density at radius 3 is 0.720 bits per heavy atom. The van der Waals surface area contributed by atoms with E-state index in [1.165, 1.54) is 135 Å². The number of nitrogens with one attached hydrogen (secondary N) is 2. The molecule has 25 heavy (non-hydrogen) atoms. The highest BCUT2D eigenvalue weighted by molar-refractivity contribution is 4.71. The van der Waals surface area contributed by atoms with Crippen LogP contribution in [0.3, 0.4) is 0 Å². The summed E-state index contributed by atoms with van der Waals surface area (Å²) < 4.78 is 0. The third kappa shape index (κ3) is 11.3. The predicted octanol–water partition coefficient (Wildman–Crippen LogP) is 7.04. The number of hydrogen-bond acceptors (Lipinski definition) is 2. The highest BCUT2D eigenvalue weighted by atomic mass is 15.4. The normalized spacial score (nSPS) is 25.4. The van der Waals surface area contributed by atoms with Crippen molar-refractivity contribution in [3.63, 3.8) is 0 Å². The molecule has 0 radical (unpaired) electrons. The summed E-state index contributed by atoms with van der Waals surface area (Å²) in [5.41, 5.74) is 7.58. The highest BCUT2D eigenvalue weighted by Gasteiger charge is 2.13. The molecule has 2 aliphatic carbocycles. The van der Waals surface area contributed by atoms with Crippen LogP contribution in [-0.2, 0) is 0 Å². The first kappa shape index (κ1) is 21.2. The lowest BCUT2D eigenvalue weighted by atomic mass is 9.98. The van der Waals surface area contributed by atoms with Crippen LogP contribution in [-0.4, -0.2) is 12.1 Å². The minimum Gasteiger partial charge on any atom is -0.255 e. The van der Waals surface area contributed by atoms with Gasteiger partial charge in [0.2, 0.25) is 0 Å². The summed E-state index contributed by atoms with van der Waals surface area (Å²) in [4.78, 5) is 0. The fourth-order valence-electron chi connectivity index (χ4n) is 4.67. The van der Waals surface area contributed by atoms with Crippen molar-refractivity contribution in [3.8, 4) is 0 Å². The molecule has 0 aliphatic heterocycles. The molecule has 2 heteroatoms. The fraction of sp³-hybridized carbons (Fsp3) is 1.00. The molecule has 2 fully saturated rings.